The summed E-state index contributed by atoms with van der Waals surface area (Å²) in [4.78, 5) is 29.8. The Hall–Kier alpha value is -3.26. The van der Waals surface area contributed by atoms with E-state index in [9.17, 15) is 4.79 Å². The molecule has 0 spiro atoms. The zero-order chi connectivity index (χ0) is 22.9. The van der Waals surface area contributed by atoms with Crippen LogP contribution in [0, 0.1) is 0 Å². The number of nitrogens with zero attached hydrogens (tertiary/aromatic N) is 4. The van der Waals surface area contributed by atoms with Gasteiger partial charge in [0.05, 0.1) is 6.61 Å². The molecule has 4 rings (SSSR count). The second kappa shape index (κ2) is 11.6. The molecule has 0 aliphatic carbocycles. The normalized spacial score (nSPS) is 15.2. The fraction of sp³-hybridized carbons (Fsp3) is 0.440. The van der Waals surface area contributed by atoms with Crippen LogP contribution in [0.1, 0.15) is 55.2 Å². The number of nitrogens with one attached hydrogen (secondary N) is 2. The van der Waals surface area contributed by atoms with Gasteiger partial charge in [-0.1, -0.05) is 13.3 Å². The number of hydrogen-bond donors (Lipinski definition) is 2. The summed E-state index contributed by atoms with van der Waals surface area (Å²) in [6.45, 7) is 6.64. The Balaban J connectivity index is 1.19. The van der Waals surface area contributed by atoms with E-state index in [4.69, 9.17) is 4.74 Å². The van der Waals surface area contributed by atoms with E-state index in [-0.39, 0.29) is 11.5 Å². The third-order valence-electron chi connectivity index (χ3n) is 5.98. The highest BCUT2D eigenvalue weighted by Gasteiger charge is 2.12. The first-order valence-corrected chi connectivity index (χ1v) is 11.7. The number of rotatable bonds is 10. The van der Waals surface area contributed by atoms with Crippen LogP contribution >= 0.6 is 0 Å². The molecule has 0 radical (unpaired) electrons. The van der Waals surface area contributed by atoms with E-state index >= 15 is 0 Å². The predicted molar refractivity (Wildman–Crippen MR) is 129 cm³/mol. The largest absolute Gasteiger partial charge is 0.478 e. The van der Waals surface area contributed by atoms with Gasteiger partial charge in [0, 0.05) is 55.9 Å². The van der Waals surface area contributed by atoms with E-state index in [0.717, 1.165) is 24.1 Å². The number of pyridine rings is 2. The quantitative estimate of drug-likeness (QED) is 0.458. The summed E-state index contributed by atoms with van der Waals surface area (Å²) >= 11 is 0. The van der Waals surface area contributed by atoms with Crippen LogP contribution in [0.4, 0.5) is 5.95 Å². The van der Waals surface area contributed by atoms with Gasteiger partial charge in [0.1, 0.15) is 0 Å². The lowest BCUT2D eigenvalue weighted by Gasteiger charge is -2.26. The van der Waals surface area contributed by atoms with E-state index in [1.54, 1.807) is 24.7 Å². The van der Waals surface area contributed by atoms with E-state index in [1.165, 1.54) is 37.9 Å². The lowest BCUT2D eigenvalue weighted by atomic mass is 9.96. The smallest absolute Gasteiger partial charge is 0.248 e. The minimum absolute atomic E-state index is 0.0490. The number of hydrogen-bond acceptors (Lipinski definition) is 7. The van der Waals surface area contributed by atoms with Crippen LogP contribution < -0.4 is 15.6 Å². The molecule has 174 valence electrons. The summed E-state index contributed by atoms with van der Waals surface area (Å²) in [6, 6.07) is 7.62. The van der Waals surface area contributed by atoms with Crippen molar-refractivity contribution in [3.63, 3.8) is 0 Å². The molecule has 8 nitrogen and oxygen atoms in total. The summed E-state index contributed by atoms with van der Waals surface area (Å²) < 4.78 is 5.84. The molecule has 2 N–H and O–H groups in total. The van der Waals surface area contributed by atoms with Gasteiger partial charge in [-0.05, 0) is 61.2 Å². The standard InChI is InChI=1S/C25H32N6O2/c1-19(21-7-10-26-23(32)15-21)22-16-29-25(30-17-22)28-8-5-13-33-24-14-20(6-9-27-24)18-31-11-3-2-4-12-31/h6-7,9-10,14-17,19H,2-5,8,11-13,18H2,1H3,(H,26,32)(H,28,29,30). The lowest BCUT2D eigenvalue weighted by molar-refractivity contribution is 0.220. The van der Waals surface area contributed by atoms with Gasteiger partial charge >= 0.3 is 0 Å². The number of aromatic nitrogens is 4. The van der Waals surface area contributed by atoms with Crippen molar-refractivity contribution in [1.82, 2.24) is 24.8 Å². The molecule has 3 aromatic heterocycles. The van der Waals surface area contributed by atoms with E-state index in [1.807, 2.05) is 25.3 Å². The van der Waals surface area contributed by atoms with Crippen molar-refractivity contribution in [2.45, 2.75) is 45.1 Å². The zero-order valence-electron chi connectivity index (χ0n) is 19.2. The van der Waals surface area contributed by atoms with Crippen molar-refractivity contribution in [3.8, 4) is 5.88 Å². The molecule has 1 saturated heterocycles. The number of ether oxygens (including phenoxy) is 1. The Labute approximate surface area is 194 Å². The third kappa shape index (κ3) is 6.86. The molecular weight excluding hydrogens is 416 g/mol. The zero-order valence-corrected chi connectivity index (χ0v) is 19.2. The van der Waals surface area contributed by atoms with Gasteiger partial charge in [-0.25, -0.2) is 15.0 Å². The molecular formula is C25H32N6O2. The first kappa shape index (κ1) is 22.9. The molecule has 1 unspecified atom stereocenters. The molecule has 3 aromatic rings. The number of anilines is 1. The monoisotopic (exact) mass is 448 g/mol. The second-order valence-electron chi connectivity index (χ2n) is 8.52. The average Bonchev–Trinajstić information content (AvgIpc) is 2.85. The van der Waals surface area contributed by atoms with Crippen LogP contribution in [0.5, 0.6) is 5.88 Å². The number of H-pyrrole nitrogens is 1. The van der Waals surface area contributed by atoms with Gasteiger partial charge in [0.15, 0.2) is 0 Å². The molecule has 8 heteroatoms. The second-order valence-corrected chi connectivity index (χ2v) is 8.52. The SMILES string of the molecule is CC(c1cnc(NCCCOc2cc(CN3CCCCC3)ccn2)nc1)c1cc[nH]c(=O)c1. The van der Waals surface area contributed by atoms with Gasteiger partial charge in [-0.3, -0.25) is 9.69 Å². The third-order valence-corrected chi connectivity index (χ3v) is 5.98. The number of aromatic amines is 1. The van der Waals surface area contributed by atoms with Crippen molar-refractivity contribution in [1.29, 1.82) is 0 Å². The number of piperidine rings is 1. The minimum atomic E-state index is -0.107. The van der Waals surface area contributed by atoms with E-state index in [2.05, 4.69) is 36.2 Å². The molecule has 0 bridgehead atoms. The maximum absolute atomic E-state index is 11.5. The highest BCUT2D eigenvalue weighted by Crippen LogP contribution is 2.21. The lowest BCUT2D eigenvalue weighted by Crippen LogP contribution is -2.29. The molecule has 0 saturated carbocycles. The van der Waals surface area contributed by atoms with Gasteiger partial charge in [-0.2, -0.15) is 0 Å². The molecule has 1 aliphatic heterocycles. The summed E-state index contributed by atoms with van der Waals surface area (Å²) in [6.07, 6.45) is 11.8. The van der Waals surface area contributed by atoms with E-state index < -0.39 is 0 Å². The Morgan fingerprint density at radius 2 is 1.91 bits per heavy atom. The van der Waals surface area contributed by atoms with Crippen molar-refractivity contribution in [2.24, 2.45) is 0 Å². The van der Waals surface area contributed by atoms with Gasteiger partial charge < -0.3 is 15.0 Å². The van der Waals surface area contributed by atoms with Crippen LogP contribution in [0.2, 0.25) is 0 Å². The molecule has 1 fully saturated rings. The predicted octanol–water partition coefficient (Wildman–Crippen LogP) is 3.58. The fourth-order valence-electron chi connectivity index (χ4n) is 4.03. The van der Waals surface area contributed by atoms with Gasteiger partial charge in [-0.15, -0.1) is 0 Å². The highest BCUT2D eigenvalue weighted by molar-refractivity contribution is 5.31. The maximum Gasteiger partial charge on any atom is 0.248 e. The fourth-order valence-corrected chi connectivity index (χ4v) is 4.03. The van der Waals surface area contributed by atoms with Crippen LogP contribution in [-0.4, -0.2) is 51.1 Å². The van der Waals surface area contributed by atoms with Crippen LogP contribution in [-0.2, 0) is 6.54 Å². The minimum Gasteiger partial charge on any atom is -0.478 e. The average molecular weight is 449 g/mol. The van der Waals surface area contributed by atoms with Crippen LogP contribution in [0.3, 0.4) is 0 Å². The number of likely N-dealkylation sites (tertiary alicyclic amines) is 1. The molecule has 1 aliphatic rings. The van der Waals surface area contributed by atoms with Crippen LogP contribution in [0.15, 0.2) is 53.8 Å². The molecule has 0 aromatic carbocycles. The topological polar surface area (TPSA) is 96.0 Å². The van der Waals surface area contributed by atoms with Crippen LogP contribution in [0.25, 0.3) is 0 Å². The van der Waals surface area contributed by atoms with Crippen molar-refractivity contribution in [3.05, 3.63) is 76.1 Å². The summed E-state index contributed by atoms with van der Waals surface area (Å²) in [5, 5.41) is 3.23. The van der Waals surface area contributed by atoms with Crippen molar-refractivity contribution >= 4 is 5.95 Å². The van der Waals surface area contributed by atoms with Crippen molar-refractivity contribution in [2.75, 3.05) is 31.6 Å². The Bertz CT molecular complexity index is 1060. The Kier molecular flexibility index (Phi) is 8.03. The maximum atomic E-state index is 11.5. The first-order valence-electron chi connectivity index (χ1n) is 11.7. The van der Waals surface area contributed by atoms with E-state index in [0.29, 0.717) is 25.0 Å². The van der Waals surface area contributed by atoms with Gasteiger partial charge in [0.25, 0.3) is 0 Å². The first-order chi connectivity index (χ1) is 16.2. The molecule has 33 heavy (non-hydrogen) atoms. The Morgan fingerprint density at radius 3 is 2.70 bits per heavy atom. The summed E-state index contributed by atoms with van der Waals surface area (Å²) in [5.41, 5.74) is 3.05. The summed E-state index contributed by atoms with van der Waals surface area (Å²) in [7, 11) is 0. The summed E-state index contributed by atoms with van der Waals surface area (Å²) in [5.74, 6) is 1.31. The highest BCUT2D eigenvalue weighted by atomic mass is 16.5. The van der Waals surface area contributed by atoms with Crippen molar-refractivity contribution < 1.29 is 4.74 Å². The Morgan fingerprint density at radius 1 is 1.09 bits per heavy atom. The molecule has 4 heterocycles. The molecule has 1 atom stereocenters. The van der Waals surface area contributed by atoms with Gasteiger partial charge in [0.2, 0.25) is 17.4 Å². The molecule has 0 amide bonds.